The molecule has 118 valence electrons. The average molecular weight is 398 g/mol. The van der Waals surface area contributed by atoms with Gasteiger partial charge in [0.25, 0.3) is 0 Å². The summed E-state index contributed by atoms with van der Waals surface area (Å²) in [7, 11) is 0. The van der Waals surface area contributed by atoms with Crippen LogP contribution in [0.4, 0.5) is 4.39 Å². The van der Waals surface area contributed by atoms with E-state index in [1.54, 1.807) is 6.07 Å². The van der Waals surface area contributed by atoms with E-state index in [1.165, 1.54) is 17.8 Å². The lowest BCUT2D eigenvalue weighted by Crippen LogP contribution is -2.52. The van der Waals surface area contributed by atoms with E-state index in [2.05, 4.69) is 21.2 Å². The second kappa shape index (κ2) is 8.98. The summed E-state index contributed by atoms with van der Waals surface area (Å²) < 4.78 is 14.4. The van der Waals surface area contributed by atoms with E-state index >= 15 is 0 Å². The van der Waals surface area contributed by atoms with Crippen LogP contribution >= 0.6 is 40.1 Å². The van der Waals surface area contributed by atoms with E-state index in [9.17, 15) is 9.18 Å². The normalized spacial score (nSPS) is 18.2. The fraction of sp³-hybridized carbons (Fsp3) is 0.500. The highest BCUT2D eigenvalue weighted by Gasteiger charge is 2.22. The van der Waals surface area contributed by atoms with Crippen molar-refractivity contribution in [3.05, 3.63) is 34.1 Å². The second-order valence-corrected chi connectivity index (χ2v) is 6.77. The maximum Gasteiger partial charge on any atom is 0.232 e. The van der Waals surface area contributed by atoms with E-state index in [0.717, 1.165) is 24.1 Å². The molecule has 1 aliphatic rings. The van der Waals surface area contributed by atoms with Crippen LogP contribution in [0.3, 0.4) is 0 Å². The van der Waals surface area contributed by atoms with Crippen LogP contribution in [0, 0.1) is 5.82 Å². The van der Waals surface area contributed by atoms with Crippen LogP contribution in [-0.4, -0.2) is 42.2 Å². The third-order valence-electron chi connectivity index (χ3n) is 3.32. The molecule has 21 heavy (non-hydrogen) atoms. The zero-order valence-corrected chi connectivity index (χ0v) is 15.0. The maximum atomic E-state index is 13.6. The summed E-state index contributed by atoms with van der Waals surface area (Å²) in [5.74, 6) is 0.835. The Morgan fingerprint density at radius 1 is 1.57 bits per heavy atom. The number of piperazine rings is 1. The Hall–Kier alpha value is -0.300. The summed E-state index contributed by atoms with van der Waals surface area (Å²) in [5.41, 5.74) is 0.638. The predicted molar refractivity (Wildman–Crippen MR) is 91.6 cm³/mol. The Bertz CT molecular complexity index is 492. The topological polar surface area (TPSA) is 32.3 Å². The van der Waals surface area contributed by atoms with Crippen LogP contribution < -0.4 is 5.32 Å². The second-order valence-electron chi connectivity index (χ2n) is 4.87. The smallest absolute Gasteiger partial charge is 0.232 e. The third kappa shape index (κ3) is 5.43. The van der Waals surface area contributed by atoms with Crippen LogP contribution in [0.5, 0.6) is 0 Å². The van der Waals surface area contributed by atoms with Crippen molar-refractivity contribution in [3.8, 4) is 0 Å². The van der Waals surface area contributed by atoms with Crippen LogP contribution in [-0.2, 0) is 10.5 Å². The molecule has 1 saturated heterocycles. The molecule has 1 heterocycles. The first-order valence-electron chi connectivity index (χ1n) is 6.60. The van der Waals surface area contributed by atoms with Crippen molar-refractivity contribution in [1.29, 1.82) is 0 Å². The van der Waals surface area contributed by atoms with Crippen LogP contribution in [0.2, 0.25) is 0 Å². The van der Waals surface area contributed by atoms with E-state index in [0.29, 0.717) is 17.1 Å². The fourth-order valence-electron chi connectivity index (χ4n) is 2.18. The maximum absolute atomic E-state index is 13.6. The van der Waals surface area contributed by atoms with Gasteiger partial charge in [0.05, 0.1) is 5.75 Å². The number of carbonyl (C=O) groups excluding carboxylic acids is 1. The van der Waals surface area contributed by atoms with Gasteiger partial charge >= 0.3 is 0 Å². The summed E-state index contributed by atoms with van der Waals surface area (Å²) in [6, 6.07) is 5.26. The summed E-state index contributed by atoms with van der Waals surface area (Å²) in [5, 5.41) is 3.26. The van der Waals surface area contributed by atoms with E-state index in [1.807, 2.05) is 17.9 Å². The first kappa shape index (κ1) is 18.7. The van der Waals surface area contributed by atoms with Gasteiger partial charge in [-0.1, -0.05) is 22.0 Å². The molecule has 0 aliphatic carbocycles. The van der Waals surface area contributed by atoms with Gasteiger partial charge < -0.3 is 10.2 Å². The number of nitrogens with one attached hydrogen (secondary N) is 1. The summed E-state index contributed by atoms with van der Waals surface area (Å²) in [6.45, 7) is 4.50. The highest BCUT2D eigenvalue weighted by atomic mass is 79.9. The molecule has 1 N–H and O–H groups in total. The Kier molecular flexibility index (Phi) is 8.02. The summed E-state index contributed by atoms with van der Waals surface area (Å²) in [4.78, 5) is 14.0. The molecule has 0 spiro atoms. The number of benzene rings is 1. The minimum absolute atomic E-state index is 0. The molecule has 3 nitrogen and oxygen atoms in total. The van der Waals surface area contributed by atoms with E-state index in [4.69, 9.17) is 0 Å². The first-order valence-corrected chi connectivity index (χ1v) is 8.54. The number of rotatable bonds is 4. The third-order valence-corrected chi connectivity index (χ3v) is 4.78. The van der Waals surface area contributed by atoms with Crippen molar-refractivity contribution in [2.75, 3.05) is 25.4 Å². The lowest BCUT2D eigenvalue weighted by atomic mass is 10.2. The summed E-state index contributed by atoms with van der Waals surface area (Å²) in [6.07, 6.45) is 0. The average Bonchev–Trinajstić information content (AvgIpc) is 2.41. The van der Waals surface area contributed by atoms with Crippen molar-refractivity contribution in [3.63, 3.8) is 0 Å². The molecule has 1 fully saturated rings. The molecule has 1 aliphatic heterocycles. The molecule has 1 amide bonds. The first-order chi connectivity index (χ1) is 9.58. The molecular weight excluding hydrogens is 379 g/mol. The van der Waals surface area contributed by atoms with E-state index in [-0.39, 0.29) is 30.2 Å². The van der Waals surface area contributed by atoms with Crippen LogP contribution in [0.15, 0.2) is 22.7 Å². The van der Waals surface area contributed by atoms with Gasteiger partial charge in [0, 0.05) is 35.9 Å². The fourth-order valence-corrected chi connectivity index (χ4v) is 3.41. The molecule has 0 unspecified atom stereocenters. The SMILES string of the molecule is C[C@@H]1CNCCN1C(=O)CSCc1ccc(Br)cc1F.Cl. The molecular formula is C14H19BrClFN2OS. The molecule has 1 aromatic rings. The zero-order chi connectivity index (χ0) is 14.5. The van der Waals surface area contributed by atoms with Gasteiger partial charge in [-0.15, -0.1) is 24.2 Å². The van der Waals surface area contributed by atoms with Gasteiger partial charge in [0.2, 0.25) is 5.91 Å². The van der Waals surface area contributed by atoms with Gasteiger partial charge in [-0.25, -0.2) is 4.39 Å². The van der Waals surface area contributed by atoms with Gasteiger partial charge in [0.15, 0.2) is 0 Å². The number of nitrogens with zero attached hydrogens (tertiary/aromatic N) is 1. The number of carbonyl (C=O) groups is 1. The lowest BCUT2D eigenvalue weighted by molar-refractivity contribution is -0.131. The minimum atomic E-state index is -0.227. The minimum Gasteiger partial charge on any atom is -0.337 e. The Balaban J connectivity index is 0.00000220. The predicted octanol–water partition coefficient (Wildman–Crippen LogP) is 3.06. The standard InChI is InChI=1S/C14H18BrFN2OS.ClH/c1-10-7-17-4-5-18(10)14(19)9-20-8-11-2-3-12(15)6-13(11)16;/h2-3,6,10,17H,4-5,7-9H2,1H3;1H/t10-;/m1./s1. The zero-order valence-electron chi connectivity index (χ0n) is 11.8. The molecule has 0 aromatic heterocycles. The van der Waals surface area contributed by atoms with Gasteiger partial charge in [-0.3, -0.25) is 4.79 Å². The monoisotopic (exact) mass is 396 g/mol. The number of thioether (sulfide) groups is 1. The molecule has 1 atom stereocenters. The van der Waals surface area contributed by atoms with Crippen molar-refractivity contribution in [2.45, 2.75) is 18.7 Å². The Morgan fingerprint density at radius 2 is 2.33 bits per heavy atom. The largest absolute Gasteiger partial charge is 0.337 e. The Morgan fingerprint density at radius 3 is 3.00 bits per heavy atom. The number of hydrogen-bond donors (Lipinski definition) is 1. The lowest BCUT2D eigenvalue weighted by Gasteiger charge is -2.34. The molecule has 2 rings (SSSR count). The van der Waals surface area contributed by atoms with Crippen molar-refractivity contribution in [2.24, 2.45) is 0 Å². The quantitative estimate of drug-likeness (QED) is 0.847. The van der Waals surface area contributed by atoms with Gasteiger partial charge in [-0.2, -0.15) is 0 Å². The molecule has 0 saturated carbocycles. The molecule has 0 radical (unpaired) electrons. The highest BCUT2D eigenvalue weighted by molar-refractivity contribution is 9.10. The molecule has 1 aromatic carbocycles. The van der Waals surface area contributed by atoms with Crippen molar-refractivity contribution >= 4 is 46.0 Å². The van der Waals surface area contributed by atoms with Crippen LogP contribution in [0.1, 0.15) is 12.5 Å². The van der Waals surface area contributed by atoms with E-state index < -0.39 is 0 Å². The number of amides is 1. The molecule has 0 bridgehead atoms. The summed E-state index contributed by atoms with van der Waals surface area (Å²) >= 11 is 4.70. The van der Waals surface area contributed by atoms with Crippen molar-refractivity contribution < 1.29 is 9.18 Å². The van der Waals surface area contributed by atoms with Gasteiger partial charge in [0.1, 0.15) is 5.82 Å². The number of hydrogen-bond acceptors (Lipinski definition) is 3. The molecule has 7 heteroatoms. The van der Waals surface area contributed by atoms with Gasteiger partial charge in [-0.05, 0) is 24.6 Å². The van der Waals surface area contributed by atoms with Crippen molar-refractivity contribution in [1.82, 2.24) is 10.2 Å². The highest BCUT2D eigenvalue weighted by Crippen LogP contribution is 2.20. The Labute approximate surface area is 143 Å². The van der Waals surface area contributed by atoms with Crippen LogP contribution in [0.25, 0.3) is 0 Å². The number of halogens is 3.